The highest BCUT2D eigenvalue weighted by atomic mass is 32.2. The number of nitrogen functional groups attached to an aromatic ring is 1. The summed E-state index contributed by atoms with van der Waals surface area (Å²) in [5.74, 6) is 0.804. The molecule has 6 heteroatoms. The first-order valence-corrected chi connectivity index (χ1v) is 5.88. The zero-order valence-electron chi connectivity index (χ0n) is 9.66. The van der Waals surface area contributed by atoms with E-state index in [4.69, 9.17) is 5.73 Å². The molecule has 2 aromatic rings. The molecule has 0 aliphatic carbocycles. The Morgan fingerprint density at radius 2 is 1.76 bits per heavy atom. The minimum absolute atomic E-state index is 0.238. The Morgan fingerprint density at radius 1 is 1.06 bits per heavy atom. The van der Waals surface area contributed by atoms with E-state index < -0.39 is 0 Å². The Labute approximate surface area is 104 Å². The standard InChI is InChI=1S/C11H13N5S/c1-16(2)10-13-9(12)14-11(15-10)17-8-6-4-3-5-7-8/h3-7H,1-2H3,(H2,12,13,14,15). The van der Waals surface area contributed by atoms with Gasteiger partial charge in [0.25, 0.3) is 0 Å². The lowest BCUT2D eigenvalue weighted by Gasteiger charge is -2.10. The summed E-state index contributed by atoms with van der Waals surface area (Å²) in [6.45, 7) is 0. The predicted molar refractivity (Wildman–Crippen MR) is 69.1 cm³/mol. The number of rotatable bonds is 3. The zero-order chi connectivity index (χ0) is 12.3. The van der Waals surface area contributed by atoms with Gasteiger partial charge in [-0.25, -0.2) is 0 Å². The van der Waals surface area contributed by atoms with E-state index in [0.29, 0.717) is 11.1 Å². The molecule has 2 N–H and O–H groups in total. The van der Waals surface area contributed by atoms with Crippen molar-refractivity contribution < 1.29 is 0 Å². The van der Waals surface area contributed by atoms with Crippen LogP contribution in [0.25, 0.3) is 0 Å². The number of hydrogen-bond acceptors (Lipinski definition) is 6. The lowest BCUT2D eigenvalue weighted by molar-refractivity contribution is 0.876. The molecule has 0 atom stereocenters. The van der Waals surface area contributed by atoms with E-state index in [1.807, 2.05) is 44.4 Å². The molecule has 0 radical (unpaired) electrons. The number of nitrogens with two attached hydrogens (primary N) is 1. The molecule has 1 aromatic heterocycles. The summed E-state index contributed by atoms with van der Waals surface area (Å²) >= 11 is 1.46. The summed E-state index contributed by atoms with van der Waals surface area (Å²) in [6, 6.07) is 9.91. The molecule has 0 spiro atoms. The maximum absolute atomic E-state index is 5.65. The molecule has 0 unspecified atom stereocenters. The second-order valence-corrected chi connectivity index (χ2v) is 4.63. The van der Waals surface area contributed by atoms with E-state index in [1.165, 1.54) is 11.8 Å². The Hall–Kier alpha value is -1.82. The number of nitrogens with zero attached hydrogens (tertiary/aromatic N) is 4. The van der Waals surface area contributed by atoms with Gasteiger partial charge in [-0.1, -0.05) is 18.2 Å². The second-order valence-electron chi connectivity index (χ2n) is 3.59. The summed E-state index contributed by atoms with van der Waals surface area (Å²) in [6.07, 6.45) is 0. The average Bonchev–Trinajstić information content (AvgIpc) is 2.29. The van der Waals surface area contributed by atoms with Gasteiger partial charge in [-0.05, 0) is 23.9 Å². The van der Waals surface area contributed by atoms with Crippen LogP contribution in [0.2, 0.25) is 0 Å². The van der Waals surface area contributed by atoms with Crippen LogP contribution in [-0.2, 0) is 0 Å². The lowest BCUT2D eigenvalue weighted by atomic mass is 10.4. The van der Waals surface area contributed by atoms with Crippen LogP contribution in [0.4, 0.5) is 11.9 Å². The average molecular weight is 247 g/mol. The van der Waals surface area contributed by atoms with Crippen molar-refractivity contribution in [1.82, 2.24) is 15.0 Å². The smallest absolute Gasteiger partial charge is 0.230 e. The summed E-state index contributed by atoms with van der Waals surface area (Å²) in [7, 11) is 3.73. The Kier molecular flexibility index (Phi) is 3.43. The minimum atomic E-state index is 0.238. The van der Waals surface area contributed by atoms with Crippen LogP contribution in [0, 0.1) is 0 Å². The number of benzene rings is 1. The number of hydrogen-bond donors (Lipinski definition) is 1. The van der Waals surface area contributed by atoms with E-state index in [2.05, 4.69) is 15.0 Å². The van der Waals surface area contributed by atoms with Crippen molar-refractivity contribution >= 4 is 23.7 Å². The number of anilines is 2. The van der Waals surface area contributed by atoms with E-state index >= 15 is 0 Å². The van der Waals surface area contributed by atoms with Crippen LogP contribution >= 0.6 is 11.8 Å². The summed E-state index contributed by atoms with van der Waals surface area (Å²) in [4.78, 5) is 15.3. The second kappa shape index (κ2) is 5.01. The van der Waals surface area contributed by atoms with Crippen molar-refractivity contribution in [1.29, 1.82) is 0 Å². The first-order valence-electron chi connectivity index (χ1n) is 5.07. The first kappa shape index (κ1) is 11.7. The van der Waals surface area contributed by atoms with Gasteiger partial charge >= 0.3 is 0 Å². The molecule has 17 heavy (non-hydrogen) atoms. The van der Waals surface area contributed by atoms with Crippen LogP contribution in [-0.4, -0.2) is 29.0 Å². The maximum atomic E-state index is 5.65. The molecule has 1 heterocycles. The first-order chi connectivity index (χ1) is 8.15. The van der Waals surface area contributed by atoms with Crippen molar-refractivity contribution in [3.05, 3.63) is 30.3 Å². The van der Waals surface area contributed by atoms with Crippen molar-refractivity contribution in [3.8, 4) is 0 Å². The molecular weight excluding hydrogens is 234 g/mol. The highest BCUT2D eigenvalue weighted by molar-refractivity contribution is 7.99. The molecule has 0 aliphatic heterocycles. The fourth-order valence-electron chi connectivity index (χ4n) is 1.20. The minimum Gasteiger partial charge on any atom is -0.368 e. The van der Waals surface area contributed by atoms with Gasteiger partial charge in [0, 0.05) is 19.0 Å². The molecule has 5 nitrogen and oxygen atoms in total. The van der Waals surface area contributed by atoms with Crippen LogP contribution in [0.1, 0.15) is 0 Å². The number of aromatic nitrogens is 3. The van der Waals surface area contributed by atoms with Gasteiger partial charge < -0.3 is 10.6 Å². The molecular formula is C11H13N5S. The maximum Gasteiger partial charge on any atom is 0.230 e. The highest BCUT2D eigenvalue weighted by Crippen LogP contribution is 2.25. The van der Waals surface area contributed by atoms with Gasteiger partial charge in [0.1, 0.15) is 0 Å². The molecule has 0 saturated heterocycles. The van der Waals surface area contributed by atoms with E-state index in [-0.39, 0.29) is 5.95 Å². The molecule has 88 valence electrons. The Morgan fingerprint density at radius 3 is 2.41 bits per heavy atom. The van der Waals surface area contributed by atoms with E-state index in [0.717, 1.165) is 4.90 Å². The van der Waals surface area contributed by atoms with Crippen LogP contribution in [0.5, 0.6) is 0 Å². The van der Waals surface area contributed by atoms with Gasteiger partial charge in [-0.15, -0.1) is 0 Å². The van der Waals surface area contributed by atoms with Crippen molar-refractivity contribution in [2.45, 2.75) is 10.1 Å². The monoisotopic (exact) mass is 247 g/mol. The third-order valence-corrected chi connectivity index (χ3v) is 2.85. The quantitative estimate of drug-likeness (QED) is 0.890. The summed E-state index contributed by atoms with van der Waals surface area (Å²) in [5.41, 5.74) is 5.65. The predicted octanol–water partition coefficient (Wildman–Crippen LogP) is 1.67. The van der Waals surface area contributed by atoms with Gasteiger partial charge in [0.15, 0.2) is 5.16 Å². The normalized spacial score (nSPS) is 10.2. The van der Waals surface area contributed by atoms with Crippen LogP contribution in [0.15, 0.2) is 40.4 Å². The van der Waals surface area contributed by atoms with E-state index in [1.54, 1.807) is 4.90 Å². The molecule has 0 aliphatic rings. The molecule has 1 aromatic carbocycles. The van der Waals surface area contributed by atoms with Gasteiger partial charge in [0.05, 0.1) is 0 Å². The van der Waals surface area contributed by atoms with E-state index in [9.17, 15) is 0 Å². The van der Waals surface area contributed by atoms with Gasteiger partial charge in [-0.3, -0.25) is 0 Å². The van der Waals surface area contributed by atoms with Gasteiger partial charge in [0.2, 0.25) is 11.9 Å². The third kappa shape index (κ3) is 3.07. The topological polar surface area (TPSA) is 67.9 Å². The highest BCUT2D eigenvalue weighted by Gasteiger charge is 2.07. The van der Waals surface area contributed by atoms with Crippen LogP contribution < -0.4 is 10.6 Å². The molecule has 0 amide bonds. The Bertz CT molecular complexity index is 500. The SMILES string of the molecule is CN(C)c1nc(N)nc(Sc2ccccc2)n1. The fraction of sp³-hybridized carbons (Fsp3) is 0.182. The van der Waals surface area contributed by atoms with Crippen molar-refractivity contribution in [2.75, 3.05) is 24.7 Å². The van der Waals surface area contributed by atoms with Gasteiger partial charge in [-0.2, -0.15) is 15.0 Å². The molecule has 0 saturated carbocycles. The lowest BCUT2D eigenvalue weighted by Crippen LogP contribution is -2.15. The van der Waals surface area contributed by atoms with Crippen molar-refractivity contribution in [3.63, 3.8) is 0 Å². The fourth-order valence-corrected chi connectivity index (χ4v) is 1.97. The third-order valence-electron chi connectivity index (χ3n) is 1.97. The molecule has 0 fully saturated rings. The zero-order valence-corrected chi connectivity index (χ0v) is 10.5. The largest absolute Gasteiger partial charge is 0.368 e. The Balaban J connectivity index is 2.27. The molecule has 0 bridgehead atoms. The summed E-state index contributed by atoms with van der Waals surface area (Å²) < 4.78 is 0. The summed E-state index contributed by atoms with van der Waals surface area (Å²) in [5, 5.41) is 0.604. The van der Waals surface area contributed by atoms with Crippen LogP contribution in [0.3, 0.4) is 0 Å². The van der Waals surface area contributed by atoms with Crippen molar-refractivity contribution in [2.24, 2.45) is 0 Å². The molecule has 2 rings (SSSR count).